The first-order valence-corrected chi connectivity index (χ1v) is 10.4. The van der Waals surface area contributed by atoms with E-state index in [4.69, 9.17) is 16.3 Å². The second-order valence-electron chi connectivity index (χ2n) is 7.27. The SMILES string of the molecule is O=C(Cc1ccccc1Oc1ccccc1)NCc1cc(Cl)cc2ccc(=O)n(C(=O)O)c12. The monoisotopic (exact) mass is 462 g/mol. The van der Waals surface area contributed by atoms with Crippen LogP contribution in [0.4, 0.5) is 4.79 Å². The van der Waals surface area contributed by atoms with Gasteiger partial charge in [0, 0.05) is 28.6 Å². The van der Waals surface area contributed by atoms with Gasteiger partial charge in [0.25, 0.3) is 5.56 Å². The van der Waals surface area contributed by atoms with E-state index in [1.807, 2.05) is 42.5 Å². The van der Waals surface area contributed by atoms with E-state index in [1.165, 1.54) is 18.2 Å². The Morgan fingerprint density at radius 1 is 0.939 bits per heavy atom. The Bertz CT molecular complexity index is 1400. The number of fused-ring (bicyclic) bond motifs is 1. The van der Waals surface area contributed by atoms with Gasteiger partial charge in [-0.05, 0) is 42.0 Å². The highest BCUT2D eigenvalue weighted by Gasteiger charge is 2.16. The average Bonchev–Trinajstić information content (AvgIpc) is 2.79. The lowest BCUT2D eigenvalue weighted by Crippen LogP contribution is -2.28. The number of carboxylic acid groups (broad SMARTS) is 1. The molecule has 0 aliphatic rings. The van der Waals surface area contributed by atoms with Gasteiger partial charge in [0.2, 0.25) is 5.91 Å². The predicted molar refractivity (Wildman–Crippen MR) is 125 cm³/mol. The summed E-state index contributed by atoms with van der Waals surface area (Å²) in [5.74, 6) is 0.918. The summed E-state index contributed by atoms with van der Waals surface area (Å²) in [5, 5.41) is 13.1. The molecular formula is C25H19ClN2O5. The molecule has 4 rings (SSSR count). The number of benzene rings is 3. The van der Waals surface area contributed by atoms with Crippen LogP contribution in [0.1, 0.15) is 11.1 Å². The van der Waals surface area contributed by atoms with E-state index < -0.39 is 11.7 Å². The Kier molecular flexibility index (Phi) is 6.42. The summed E-state index contributed by atoms with van der Waals surface area (Å²) in [7, 11) is 0. The van der Waals surface area contributed by atoms with E-state index in [9.17, 15) is 19.5 Å². The summed E-state index contributed by atoms with van der Waals surface area (Å²) in [6.45, 7) is -0.00562. The van der Waals surface area contributed by atoms with E-state index in [1.54, 1.807) is 18.2 Å². The maximum absolute atomic E-state index is 12.7. The summed E-state index contributed by atoms with van der Waals surface area (Å²) in [4.78, 5) is 36.5. The molecule has 33 heavy (non-hydrogen) atoms. The number of ether oxygens (including phenoxy) is 1. The molecule has 2 N–H and O–H groups in total. The number of nitrogens with zero attached hydrogens (tertiary/aromatic N) is 1. The molecule has 1 heterocycles. The second-order valence-corrected chi connectivity index (χ2v) is 7.71. The molecule has 0 saturated carbocycles. The molecule has 0 aliphatic carbocycles. The van der Waals surface area contributed by atoms with Gasteiger partial charge in [0.15, 0.2) is 0 Å². The number of halogens is 1. The molecule has 0 radical (unpaired) electrons. The molecule has 0 aliphatic heterocycles. The Labute approximate surface area is 193 Å². The molecule has 1 amide bonds. The summed E-state index contributed by atoms with van der Waals surface area (Å²) in [5.41, 5.74) is 0.612. The number of para-hydroxylation sites is 2. The highest BCUT2D eigenvalue weighted by atomic mass is 35.5. The summed E-state index contributed by atoms with van der Waals surface area (Å²) in [6, 6.07) is 22.2. The van der Waals surface area contributed by atoms with Gasteiger partial charge >= 0.3 is 6.09 Å². The highest BCUT2D eigenvalue weighted by molar-refractivity contribution is 6.31. The van der Waals surface area contributed by atoms with Crippen LogP contribution < -0.4 is 15.6 Å². The van der Waals surface area contributed by atoms with E-state index in [2.05, 4.69) is 5.32 Å². The first-order chi connectivity index (χ1) is 15.9. The standard InChI is InChI=1S/C25H19ClN2O5/c26-19-12-17-10-11-23(30)28(25(31)32)24(17)18(13-19)15-27-22(29)14-16-6-4-5-9-21(16)33-20-7-2-1-3-8-20/h1-13H,14-15H2,(H,27,29)(H,31,32). The molecule has 4 aromatic rings. The first kappa shape index (κ1) is 22.1. The van der Waals surface area contributed by atoms with Gasteiger partial charge in [-0.1, -0.05) is 48.0 Å². The van der Waals surface area contributed by atoms with E-state index >= 15 is 0 Å². The molecule has 0 spiro atoms. The zero-order valence-corrected chi connectivity index (χ0v) is 18.1. The van der Waals surface area contributed by atoms with Crippen LogP contribution >= 0.6 is 11.6 Å². The van der Waals surface area contributed by atoms with Crippen LogP contribution in [0.5, 0.6) is 11.5 Å². The van der Waals surface area contributed by atoms with Crippen molar-refractivity contribution in [3.8, 4) is 11.5 Å². The van der Waals surface area contributed by atoms with Crippen LogP contribution in [0.3, 0.4) is 0 Å². The normalized spacial score (nSPS) is 10.7. The predicted octanol–water partition coefficient (Wildman–Crippen LogP) is 4.83. The van der Waals surface area contributed by atoms with Crippen LogP contribution in [0.25, 0.3) is 10.9 Å². The van der Waals surface area contributed by atoms with Crippen molar-refractivity contribution in [3.05, 3.63) is 105 Å². The van der Waals surface area contributed by atoms with Gasteiger partial charge in [-0.3, -0.25) is 9.59 Å². The Morgan fingerprint density at radius 3 is 2.42 bits per heavy atom. The van der Waals surface area contributed by atoms with Gasteiger partial charge in [-0.2, -0.15) is 0 Å². The van der Waals surface area contributed by atoms with E-state index in [0.717, 1.165) is 0 Å². The Morgan fingerprint density at radius 2 is 1.67 bits per heavy atom. The number of amides is 1. The molecule has 166 valence electrons. The maximum Gasteiger partial charge on any atom is 0.419 e. The van der Waals surface area contributed by atoms with Gasteiger partial charge in [-0.25, -0.2) is 9.36 Å². The van der Waals surface area contributed by atoms with Crippen molar-refractivity contribution in [1.82, 2.24) is 9.88 Å². The third-order valence-electron chi connectivity index (χ3n) is 4.99. The minimum absolute atomic E-state index is 0.00562. The van der Waals surface area contributed by atoms with Crippen molar-refractivity contribution in [2.75, 3.05) is 0 Å². The van der Waals surface area contributed by atoms with Crippen LogP contribution in [-0.2, 0) is 17.8 Å². The Balaban J connectivity index is 1.56. The van der Waals surface area contributed by atoms with Crippen molar-refractivity contribution in [2.45, 2.75) is 13.0 Å². The molecule has 0 fully saturated rings. The number of aromatic nitrogens is 1. The summed E-state index contributed by atoms with van der Waals surface area (Å²) < 4.78 is 6.55. The van der Waals surface area contributed by atoms with Gasteiger partial charge < -0.3 is 15.2 Å². The molecule has 3 aromatic carbocycles. The fraction of sp³-hybridized carbons (Fsp3) is 0.0800. The number of rotatable bonds is 6. The third-order valence-corrected chi connectivity index (χ3v) is 5.21. The average molecular weight is 463 g/mol. The van der Waals surface area contributed by atoms with Crippen LogP contribution in [0.2, 0.25) is 5.02 Å². The number of carbonyl (C=O) groups excluding carboxylic acids is 1. The van der Waals surface area contributed by atoms with Crippen molar-refractivity contribution < 1.29 is 19.4 Å². The molecule has 8 heteroatoms. The van der Waals surface area contributed by atoms with Crippen molar-refractivity contribution in [1.29, 1.82) is 0 Å². The van der Waals surface area contributed by atoms with Crippen LogP contribution in [0.15, 0.2) is 83.7 Å². The van der Waals surface area contributed by atoms with E-state index in [-0.39, 0.29) is 24.4 Å². The minimum Gasteiger partial charge on any atom is -0.464 e. The zero-order chi connectivity index (χ0) is 23.4. The largest absolute Gasteiger partial charge is 0.464 e. The smallest absolute Gasteiger partial charge is 0.419 e. The molecule has 0 bridgehead atoms. The lowest BCUT2D eigenvalue weighted by Gasteiger charge is -2.14. The maximum atomic E-state index is 12.7. The van der Waals surface area contributed by atoms with Crippen molar-refractivity contribution in [3.63, 3.8) is 0 Å². The second kappa shape index (κ2) is 9.58. The molecule has 7 nitrogen and oxygen atoms in total. The van der Waals surface area contributed by atoms with Gasteiger partial charge in [0.1, 0.15) is 11.5 Å². The molecule has 1 aromatic heterocycles. The molecule has 0 saturated heterocycles. The molecular weight excluding hydrogens is 444 g/mol. The zero-order valence-electron chi connectivity index (χ0n) is 17.3. The van der Waals surface area contributed by atoms with E-state index in [0.29, 0.717) is 37.6 Å². The lowest BCUT2D eigenvalue weighted by atomic mass is 10.1. The fourth-order valence-corrected chi connectivity index (χ4v) is 3.79. The van der Waals surface area contributed by atoms with Crippen molar-refractivity contribution >= 4 is 34.5 Å². The first-order valence-electron chi connectivity index (χ1n) is 10.1. The highest BCUT2D eigenvalue weighted by Crippen LogP contribution is 2.26. The van der Waals surface area contributed by atoms with Crippen LogP contribution in [-0.4, -0.2) is 21.7 Å². The fourth-order valence-electron chi connectivity index (χ4n) is 3.54. The van der Waals surface area contributed by atoms with Gasteiger partial charge in [-0.15, -0.1) is 0 Å². The lowest BCUT2D eigenvalue weighted by molar-refractivity contribution is -0.120. The summed E-state index contributed by atoms with van der Waals surface area (Å²) >= 11 is 6.17. The summed E-state index contributed by atoms with van der Waals surface area (Å²) in [6.07, 6.45) is -1.36. The number of nitrogens with one attached hydrogen (secondary N) is 1. The van der Waals surface area contributed by atoms with Crippen molar-refractivity contribution in [2.24, 2.45) is 0 Å². The quantitative estimate of drug-likeness (QED) is 0.427. The number of hydrogen-bond donors (Lipinski definition) is 2. The number of carbonyl (C=O) groups is 2. The van der Waals surface area contributed by atoms with Crippen LogP contribution in [0, 0.1) is 0 Å². The Hall–Kier alpha value is -4.10. The molecule has 0 atom stereocenters. The van der Waals surface area contributed by atoms with Gasteiger partial charge in [0.05, 0.1) is 11.9 Å². The number of pyridine rings is 1. The number of hydrogen-bond acceptors (Lipinski definition) is 4. The minimum atomic E-state index is -1.41. The topological polar surface area (TPSA) is 97.6 Å². The third kappa shape index (κ3) is 5.05. The molecule has 0 unspecified atom stereocenters.